The van der Waals surface area contributed by atoms with Gasteiger partial charge in [0.05, 0.1) is 29.5 Å². The van der Waals surface area contributed by atoms with E-state index >= 15 is 0 Å². The third-order valence-electron chi connectivity index (χ3n) is 3.78. The van der Waals surface area contributed by atoms with Crippen LogP contribution in [0, 0.1) is 17.0 Å². The molecule has 2 aromatic rings. The smallest absolute Gasteiger partial charge is 0.274 e. The third-order valence-corrected chi connectivity index (χ3v) is 4.91. The first kappa shape index (κ1) is 20.2. The summed E-state index contributed by atoms with van der Waals surface area (Å²) in [7, 11) is -2.37. The molecule has 0 aliphatic heterocycles. The maximum absolute atomic E-state index is 12.4. The number of benzene rings is 2. The molecule has 0 aliphatic rings. The molecule has 2 aromatic carbocycles. The molecule has 0 aromatic heterocycles. The van der Waals surface area contributed by atoms with Gasteiger partial charge in [-0.1, -0.05) is 12.1 Å². The van der Waals surface area contributed by atoms with Gasteiger partial charge in [0.25, 0.3) is 5.69 Å². The molecule has 2 rings (SSSR count). The van der Waals surface area contributed by atoms with Gasteiger partial charge >= 0.3 is 0 Å². The van der Waals surface area contributed by atoms with E-state index in [1.54, 1.807) is 24.3 Å². The molecule has 0 heterocycles. The fourth-order valence-electron chi connectivity index (χ4n) is 2.49. The van der Waals surface area contributed by atoms with Crippen LogP contribution in [-0.2, 0) is 14.8 Å². The van der Waals surface area contributed by atoms with E-state index in [0.29, 0.717) is 11.4 Å². The second-order valence-electron chi connectivity index (χ2n) is 5.73. The number of carbonyl (C=O) groups excluding carboxylic acids is 1. The lowest BCUT2D eigenvalue weighted by Gasteiger charge is -2.23. The Labute approximate surface area is 156 Å². The van der Waals surface area contributed by atoms with Crippen molar-refractivity contribution in [3.05, 3.63) is 58.1 Å². The van der Waals surface area contributed by atoms with Crippen LogP contribution in [0.5, 0.6) is 5.75 Å². The van der Waals surface area contributed by atoms with Crippen LogP contribution in [0.4, 0.5) is 17.1 Å². The van der Waals surface area contributed by atoms with Gasteiger partial charge in [-0.3, -0.25) is 19.2 Å². The number of rotatable bonds is 7. The molecule has 0 saturated carbocycles. The lowest BCUT2D eigenvalue weighted by molar-refractivity contribution is -0.385. The Kier molecular flexibility index (Phi) is 6.01. The molecule has 1 amide bonds. The summed E-state index contributed by atoms with van der Waals surface area (Å²) in [6.45, 7) is 0.906. The van der Waals surface area contributed by atoms with Crippen molar-refractivity contribution in [1.82, 2.24) is 0 Å². The fourth-order valence-corrected chi connectivity index (χ4v) is 3.40. The molecule has 27 heavy (non-hydrogen) atoms. The predicted molar refractivity (Wildman–Crippen MR) is 102 cm³/mol. The summed E-state index contributed by atoms with van der Waals surface area (Å²) in [5.41, 5.74) is 0.438. The Morgan fingerprint density at radius 2 is 1.93 bits per heavy atom. The number of anilines is 2. The molecule has 9 nitrogen and oxygen atoms in total. The molecule has 0 unspecified atom stereocenters. The molecule has 0 bridgehead atoms. The second-order valence-corrected chi connectivity index (χ2v) is 7.63. The van der Waals surface area contributed by atoms with Crippen LogP contribution in [0.25, 0.3) is 0 Å². The molecule has 0 aliphatic carbocycles. The van der Waals surface area contributed by atoms with Gasteiger partial charge in [0.2, 0.25) is 15.9 Å². The first-order chi connectivity index (χ1) is 12.6. The topological polar surface area (TPSA) is 119 Å². The highest BCUT2D eigenvalue weighted by molar-refractivity contribution is 7.92. The molecule has 1 N–H and O–H groups in total. The monoisotopic (exact) mass is 393 g/mol. The minimum Gasteiger partial charge on any atom is -0.497 e. The lowest BCUT2D eigenvalue weighted by atomic mass is 10.1. The van der Waals surface area contributed by atoms with E-state index in [2.05, 4.69) is 5.32 Å². The molecule has 144 valence electrons. The number of nitrogens with zero attached hydrogens (tertiary/aromatic N) is 2. The number of carbonyl (C=O) groups is 1. The average molecular weight is 393 g/mol. The van der Waals surface area contributed by atoms with E-state index in [-0.39, 0.29) is 16.9 Å². The highest BCUT2D eigenvalue weighted by Gasteiger charge is 2.25. The number of nitrogens with one attached hydrogen (secondary N) is 1. The Bertz CT molecular complexity index is 974. The Morgan fingerprint density at radius 1 is 1.26 bits per heavy atom. The zero-order valence-corrected chi connectivity index (χ0v) is 15.8. The predicted octanol–water partition coefficient (Wildman–Crippen LogP) is 2.32. The van der Waals surface area contributed by atoms with Gasteiger partial charge in [-0.25, -0.2) is 8.42 Å². The first-order valence-corrected chi connectivity index (χ1v) is 9.64. The van der Waals surface area contributed by atoms with Crippen LogP contribution in [0.15, 0.2) is 42.5 Å². The van der Waals surface area contributed by atoms with Crippen molar-refractivity contribution in [3.63, 3.8) is 0 Å². The van der Waals surface area contributed by atoms with Crippen LogP contribution in [0.1, 0.15) is 5.56 Å². The largest absolute Gasteiger partial charge is 0.497 e. The Morgan fingerprint density at radius 3 is 2.52 bits per heavy atom. The van der Waals surface area contributed by atoms with Gasteiger partial charge in [-0.15, -0.1) is 0 Å². The number of nitro benzene ring substituents is 1. The molecule has 0 radical (unpaired) electrons. The summed E-state index contributed by atoms with van der Waals surface area (Å²) in [4.78, 5) is 22.9. The van der Waals surface area contributed by atoms with Gasteiger partial charge in [-0.2, -0.15) is 0 Å². The van der Waals surface area contributed by atoms with E-state index < -0.39 is 27.4 Å². The van der Waals surface area contributed by atoms with Crippen molar-refractivity contribution in [3.8, 4) is 5.75 Å². The maximum atomic E-state index is 12.4. The quantitative estimate of drug-likeness (QED) is 0.569. The van der Waals surface area contributed by atoms with Crippen LogP contribution in [-0.4, -0.2) is 39.2 Å². The molecule has 0 fully saturated rings. The van der Waals surface area contributed by atoms with E-state index in [0.717, 1.165) is 10.6 Å². The van der Waals surface area contributed by atoms with Crippen LogP contribution < -0.4 is 14.4 Å². The summed E-state index contributed by atoms with van der Waals surface area (Å²) >= 11 is 0. The molecular formula is C17H19N3O6S. The Balaban J connectivity index is 2.32. The van der Waals surface area contributed by atoms with Gasteiger partial charge in [0.1, 0.15) is 12.3 Å². The maximum Gasteiger partial charge on any atom is 0.274 e. The number of ether oxygens (including phenoxy) is 1. The average Bonchev–Trinajstić information content (AvgIpc) is 2.59. The first-order valence-electron chi connectivity index (χ1n) is 7.79. The van der Waals surface area contributed by atoms with Crippen molar-refractivity contribution < 1.29 is 22.9 Å². The highest BCUT2D eigenvalue weighted by Crippen LogP contribution is 2.29. The normalized spacial score (nSPS) is 10.9. The third kappa shape index (κ3) is 4.94. The van der Waals surface area contributed by atoms with Gasteiger partial charge in [0, 0.05) is 17.8 Å². The lowest BCUT2D eigenvalue weighted by Crippen LogP contribution is -2.38. The molecule has 0 atom stereocenters. The zero-order valence-electron chi connectivity index (χ0n) is 15.0. The van der Waals surface area contributed by atoms with Crippen molar-refractivity contribution in [2.24, 2.45) is 0 Å². The van der Waals surface area contributed by atoms with Crippen LogP contribution in [0.3, 0.4) is 0 Å². The van der Waals surface area contributed by atoms with Crippen molar-refractivity contribution in [2.45, 2.75) is 6.92 Å². The van der Waals surface area contributed by atoms with E-state index in [9.17, 15) is 23.3 Å². The molecule has 10 heteroatoms. The SMILES string of the molecule is COc1cccc(NC(=O)CN(c2cccc([N+](=O)[O-])c2C)S(C)(=O)=O)c1. The van der Waals surface area contributed by atoms with Crippen LogP contribution >= 0.6 is 0 Å². The fraction of sp³-hybridized carbons (Fsp3) is 0.235. The number of sulfonamides is 1. The number of nitro groups is 1. The van der Waals surface area contributed by atoms with Crippen LogP contribution in [0.2, 0.25) is 0 Å². The molecule has 0 saturated heterocycles. The summed E-state index contributed by atoms with van der Waals surface area (Å²) in [6.07, 6.45) is 0.935. The minimum absolute atomic E-state index is 0.0764. The van der Waals surface area contributed by atoms with Gasteiger partial charge in [0.15, 0.2) is 0 Å². The standard InChI is InChI=1S/C17H19N3O6S/c1-12-15(8-5-9-16(12)20(22)23)19(27(3,24)25)11-17(21)18-13-6-4-7-14(10-13)26-2/h4-10H,11H2,1-3H3,(H,18,21). The number of methoxy groups -OCH3 is 1. The van der Waals surface area contributed by atoms with Crippen molar-refractivity contribution >= 4 is 33.0 Å². The van der Waals surface area contributed by atoms with Crippen molar-refractivity contribution in [1.29, 1.82) is 0 Å². The van der Waals surface area contributed by atoms with Crippen molar-refractivity contribution in [2.75, 3.05) is 29.5 Å². The summed E-state index contributed by atoms with van der Waals surface area (Å²) < 4.78 is 30.3. The van der Waals surface area contributed by atoms with Gasteiger partial charge in [-0.05, 0) is 25.1 Å². The highest BCUT2D eigenvalue weighted by atomic mass is 32.2. The van der Waals surface area contributed by atoms with Gasteiger partial charge < -0.3 is 10.1 Å². The number of amides is 1. The van der Waals surface area contributed by atoms with E-state index in [1.807, 2.05) is 0 Å². The molecular weight excluding hydrogens is 374 g/mol. The Hall–Kier alpha value is -3.14. The van der Waals surface area contributed by atoms with E-state index in [1.165, 1.54) is 32.2 Å². The summed E-state index contributed by atoms with van der Waals surface area (Å²) in [5.74, 6) is -0.0677. The second kappa shape index (κ2) is 8.04. The summed E-state index contributed by atoms with van der Waals surface area (Å²) in [6, 6.07) is 10.7. The molecule has 0 spiro atoms. The number of hydrogen-bond acceptors (Lipinski definition) is 6. The zero-order chi connectivity index (χ0) is 20.2. The summed E-state index contributed by atoms with van der Waals surface area (Å²) in [5, 5.41) is 13.7. The van der Waals surface area contributed by atoms with E-state index in [4.69, 9.17) is 4.74 Å². The minimum atomic E-state index is -3.86. The number of hydrogen-bond donors (Lipinski definition) is 1.